The van der Waals surface area contributed by atoms with Gasteiger partial charge in [0, 0.05) is 35.9 Å². The van der Waals surface area contributed by atoms with Gasteiger partial charge in [-0.15, -0.1) is 0 Å². The smallest absolute Gasteiger partial charge is 0.140 e. The average Bonchev–Trinajstić information content (AvgIpc) is 2.98. The molecular formula is C12H15N3S. The van der Waals surface area contributed by atoms with Crippen molar-refractivity contribution in [3.63, 3.8) is 0 Å². The quantitative estimate of drug-likeness (QED) is 0.882. The lowest BCUT2D eigenvalue weighted by atomic mass is 10.2. The van der Waals surface area contributed by atoms with Crippen LogP contribution in [0, 0.1) is 0 Å². The van der Waals surface area contributed by atoms with Gasteiger partial charge in [-0.3, -0.25) is 0 Å². The Hall–Kier alpha value is -1.13. The predicted octanol–water partition coefficient (Wildman–Crippen LogP) is 2.36. The fourth-order valence-electron chi connectivity index (χ4n) is 2.26. The largest absolute Gasteiger partial charge is 0.329 e. The molecule has 0 amide bonds. The fraction of sp³-hybridized carbons (Fsp3) is 0.417. The minimum absolute atomic E-state index is 0.617. The van der Waals surface area contributed by atoms with Crippen LogP contribution in [0.3, 0.4) is 0 Å². The number of nitrogens with zero attached hydrogens (tertiary/aromatic N) is 2. The fourth-order valence-corrected chi connectivity index (χ4v) is 2.89. The molecule has 0 spiro atoms. The van der Waals surface area contributed by atoms with E-state index >= 15 is 0 Å². The molecule has 3 nitrogen and oxygen atoms in total. The van der Waals surface area contributed by atoms with E-state index in [1.807, 2.05) is 6.20 Å². The molecule has 0 bridgehead atoms. The van der Waals surface area contributed by atoms with Crippen LogP contribution in [0.1, 0.15) is 12.8 Å². The molecule has 84 valence electrons. The number of imidazole rings is 1. The molecular weight excluding hydrogens is 218 g/mol. The number of hydrogen-bond acceptors (Lipinski definition) is 3. The molecule has 4 heteroatoms. The molecule has 0 aliphatic carbocycles. The number of nitrogens with one attached hydrogen (secondary N) is 1. The monoisotopic (exact) mass is 233 g/mol. The van der Waals surface area contributed by atoms with Crippen molar-refractivity contribution in [2.45, 2.75) is 25.4 Å². The molecule has 16 heavy (non-hydrogen) atoms. The Morgan fingerprint density at radius 1 is 1.56 bits per heavy atom. The number of rotatable bonds is 3. The van der Waals surface area contributed by atoms with E-state index < -0.39 is 0 Å². The molecule has 0 saturated carbocycles. The van der Waals surface area contributed by atoms with Gasteiger partial charge in [0.2, 0.25) is 0 Å². The third kappa shape index (κ3) is 1.90. The maximum atomic E-state index is 4.44. The van der Waals surface area contributed by atoms with Crippen LogP contribution in [0.2, 0.25) is 0 Å². The molecule has 0 radical (unpaired) electrons. The summed E-state index contributed by atoms with van der Waals surface area (Å²) >= 11 is 1.72. The van der Waals surface area contributed by atoms with E-state index in [-0.39, 0.29) is 0 Å². The van der Waals surface area contributed by atoms with Crippen molar-refractivity contribution >= 4 is 11.3 Å². The lowest BCUT2D eigenvalue weighted by Crippen LogP contribution is -2.26. The van der Waals surface area contributed by atoms with Crippen molar-refractivity contribution in [3.05, 3.63) is 29.2 Å². The molecule has 1 fully saturated rings. The average molecular weight is 233 g/mol. The van der Waals surface area contributed by atoms with Gasteiger partial charge in [-0.1, -0.05) is 0 Å². The third-order valence-corrected chi connectivity index (χ3v) is 3.76. The summed E-state index contributed by atoms with van der Waals surface area (Å²) in [5.41, 5.74) is 1.23. The highest BCUT2D eigenvalue weighted by atomic mass is 32.1. The van der Waals surface area contributed by atoms with Gasteiger partial charge >= 0.3 is 0 Å². The van der Waals surface area contributed by atoms with E-state index in [1.54, 1.807) is 11.3 Å². The van der Waals surface area contributed by atoms with E-state index in [0.29, 0.717) is 6.04 Å². The first-order valence-electron chi connectivity index (χ1n) is 5.70. The second-order valence-corrected chi connectivity index (χ2v) is 4.99. The molecule has 3 rings (SSSR count). The molecule has 3 heterocycles. The van der Waals surface area contributed by atoms with Gasteiger partial charge in [-0.25, -0.2) is 4.98 Å². The standard InChI is InChI=1S/C12H15N3S/c1-2-11(13-4-1)8-15-6-5-14-12(15)10-3-7-16-9-10/h3,5-7,9,11,13H,1-2,4,8H2/t11-/m0/s1. The first-order chi connectivity index (χ1) is 7.93. The maximum Gasteiger partial charge on any atom is 0.140 e. The topological polar surface area (TPSA) is 29.9 Å². The summed E-state index contributed by atoms with van der Waals surface area (Å²) in [5, 5.41) is 7.77. The summed E-state index contributed by atoms with van der Waals surface area (Å²) in [6.07, 6.45) is 6.54. The van der Waals surface area contributed by atoms with Crippen molar-refractivity contribution in [3.8, 4) is 11.4 Å². The van der Waals surface area contributed by atoms with Crippen LogP contribution in [-0.2, 0) is 6.54 Å². The highest BCUT2D eigenvalue weighted by molar-refractivity contribution is 7.08. The minimum Gasteiger partial charge on any atom is -0.329 e. The predicted molar refractivity (Wildman–Crippen MR) is 66.6 cm³/mol. The highest BCUT2D eigenvalue weighted by Gasteiger charge is 2.16. The van der Waals surface area contributed by atoms with Gasteiger partial charge in [-0.05, 0) is 30.8 Å². The van der Waals surface area contributed by atoms with Crippen LogP contribution in [-0.4, -0.2) is 22.1 Å². The van der Waals surface area contributed by atoms with Crippen LogP contribution in [0.25, 0.3) is 11.4 Å². The lowest BCUT2D eigenvalue weighted by Gasteiger charge is -2.12. The molecule has 2 aromatic rings. The molecule has 1 atom stereocenters. The van der Waals surface area contributed by atoms with Crippen molar-refractivity contribution in [2.75, 3.05) is 6.54 Å². The van der Waals surface area contributed by atoms with E-state index in [0.717, 1.165) is 18.9 Å². The normalized spacial score (nSPS) is 20.4. The Balaban J connectivity index is 1.82. The van der Waals surface area contributed by atoms with E-state index in [9.17, 15) is 0 Å². The van der Waals surface area contributed by atoms with Crippen LogP contribution < -0.4 is 5.32 Å². The van der Waals surface area contributed by atoms with E-state index in [1.165, 1.54) is 18.4 Å². The van der Waals surface area contributed by atoms with Crippen LogP contribution in [0.5, 0.6) is 0 Å². The summed E-state index contributed by atoms with van der Waals surface area (Å²) in [5.74, 6) is 1.09. The highest BCUT2D eigenvalue weighted by Crippen LogP contribution is 2.21. The zero-order valence-corrected chi connectivity index (χ0v) is 9.91. The van der Waals surface area contributed by atoms with Gasteiger partial charge < -0.3 is 9.88 Å². The zero-order chi connectivity index (χ0) is 10.8. The molecule has 1 aliphatic heterocycles. The third-order valence-electron chi connectivity index (χ3n) is 3.07. The van der Waals surface area contributed by atoms with Crippen LogP contribution >= 0.6 is 11.3 Å². The van der Waals surface area contributed by atoms with Crippen LogP contribution in [0.15, 0.2) is 29.2 Å². The Morgan fingerprint density at radius 2 is 2.56 bits per heavy atom. The van der Waals surface area contributed by atoms with Gasteiger partial charge in [0.05, 0.1) is 0 Å². The number of aromatic nitrogens is 2. The second kappa shape index (κ2) is 4.39. The molecule has 1 saturated heterocycles. The maximum absolute atomic E-state index is 4.44. The van der Waals surface area contributed by atoms with Crippen LogP contribution in [0.4, 0.5) is 0 Å². The second-order valence-electron chi connectivity index (χ2n) is 4.21. The molecule has 2 aromatic heterocycles. The molecule has 0 aromatic carbocycles. The first-order valence-corrected chi connectivity index (χ1v) is 6.65. The summed E-state index contributed by atoms with van der Waals surface area (Å²) in [4.78, 5) is 4.44. The minimum atomic E-state index is 0.617. The Kier molecular flexibility index (Phi) is 2.76. The van der Waals surface area contributed by atoms with E-state index in [4.69, 9.17) is 0 Å². The molecule has 1 N–H and O–H groups in total. The summed E-state index contributed by atoms with van der Waals surface area (Å²) < 4.78 is 2.26. The van der Waals surface area contributed by atoms with Crippen molar-refractivity contribution in [1.29, 1.82) is 0 Å². The van der Waals surface area contributed by atoms with Gasteiger partial charge in [-0.2, -0.15) is 11.3 Å². The first kappa shape index (κ1) is 10.1. The number of hydrogen-bond donors (Lipinski definition) is 1. The SMILES string of the molecule is c1cn(C[C@@H]2CCCN2)c(-c2ccsc2)n1. The molecule has 1 aliphatic rings. The van der Waals surface area contributed by atoms with Gasteiger partial charge in [0.1, 0.15) is 5.82 Å². The van der Waals surface area contributed by atoms with Crippen molar-refractivity contribution < 1.29 is 0 Å². The lowest BCUT2D eigenvalue weighted by molar-refractivity contribution is 0.512. The van der Waals surface area contributed by atoms with Gasteiger partial charge in [0.15, 0.2) is 0 Å². The Bertz CT molecular complexity index is 441. The molecule has 0 unspecified atom stereocenters. The van der Waals surface area contributed by atoms with Crippen molar-refractivity contribution in [1.82, 2.24) is 14.9 Å². The summed E-state index contributed by atoms with van der Waals surface area (Å²) in [6, 6.07) is 2.75. The van der Waals surface area contributed by atoms with E-state index in [2.05, 4.69) is 37.9 Å². The van der Waals surface area contributed by atoms with Gasteiger partial charge in [0.25, 0.3) is 0 Å². The number of thiophene rings is 1. The summed E-state index contributed by atoms with van der Waals surface area (Å²) in [6.45, 7) is 2.19. The zero-order valence-electron chi connectivity index (χ0n) is 9.10. The Labute approximate surface area is 99.1 Å². The summed E-state index contributed by atoms with van der Waals surface area (Å²) in [7, 11) is 0. The van der Waals surface area contributed by atoms with Crippen molar-refractivity contribution in [2.24, 2.45) is 0 Å². The Morgan fingerprint density at radius 3 is 3.31 bits per heavy atom.